The van der Waals surface area contributed by atoms with E-state index in [1.54, 1.807) is 7.05 Å². The van der Waals surface area contributed by atoms with Crippen LogP contribution < -0.4 is 0 Å². The summed E-state index contributed by atoms with van der Waals surface area (Å²) in [6.45, 7) is 5.13. The number of hydrogen-bond acceptors (Lipinski definition) is 5. The third-order valence-corrected chi connectivity index (χ3v) is 5.56. The number of aryl methyl sites for hydroxylation is 1. The molecule has 0 amide bonds. The third kappa shape index (κ3) is 5.95. The average Bonchev–Trinajstić information content (AvgIpc) is 2.93. The van der Waals surface area contributed by atoms with Crippen LogP contribution in [0.25, 0.3) is 0 Å². The van der Waals surface area contributed by atoms with Crippen LogP contribution in [-0.2, 0) is 29.5 Å². The van der Waals surface area contributed by atoms with E-state index in [0.29, 0.717) is 18.3 Å². The summed E-state index contributed by atoms with van der Waals surface area (Å²) in [6, 6.07) is 8.14. The highest BCUT2D eigenvalue weighted by atomic mass is 32.2. The molecule has 6 nitrogen and oxygen atoms in total. The van der Waals surface area contributed by atoms with Crippen LogP contribution in [0.2, 0.25) is 0 Å². The van der Waals surface area contributed by atoms with Gasteiger partial charge in [0.1, 0.15) is 11.5 Å². The maximum Gasteiger partial charge on any atom is 0.211 e. The number of rotatable bonds is 8. The van der Waals surface area contributed by atoms with Gasteiger partial charge in [0.25, 0.3) is 0 Å². The van der Waals surface area contributed by atoms with Crippen molar-refractivity contribution in [2.45, 2.75) is 39.4 Å². The third-order valence-electron chi connectivity index (χ3n) is 4.30. The van der Waals surface area contributed by atoms with E-state index < -0.39 is 10.0 Å². The van der Waals surface area contributed by atoms with Crippen LogP contribution in [-0.4, -0.2) is 49.0 Å². The summed E-state index contributed by atoms with van der Waals surface area (Å²) in [4.78, 5) is 6.62. The minimum Gasteiger partial charge on any atom is -0.463 e. The molecule has 1 unspecified atom stereocenters. The van der Waals surface area contributed by atoms with E-state index in [9.17, 15) is 8.42 Å². The van der Waals surface area contributed by atoms with E-state index in [4.69, 9.17) is 4.42 Å². The SMILES string of the molecule is Cc1ccnc(CC(C)N(C)Cc2ccc(CN(C)S(C)(=O)=O)o2)c1. The number of pyridine rings is 1. The van der Waals surface area contributed by atoms with Gasteiger partial charge in [0.05, 0.1) is 19.3 Å². The zero-order valence-corrected chi connectivity index (χ0v) is 16.4. The molecule has 0 aliphatic carbocycles. The van der Waals surface area contributed by atoms with E-state index >= 15 is 0 Å². The van der Waals surface area contributed by atoms with Crippen molar-refractivity contribution in [3.63, 3.8) is 0 Å². The van der Waals surface area contributed by atoms with Crippen molar-refractivity contribution >= 4 is 10.0 Å². The summed E-state index contributed by atoms with van der Waals surface area (Å²) in [6.07, 6.45) is 3.89. The molecule has 0 saturated carbocycles. The molecule has 2 aromatic rings. The lowest BCUT2D eigenvalue weighted by Crippen LogP contribution is -2.30. The number of likely N-dealkylation sites (N-methyl/N-ethyl adjacent to an activating group) is 1. The first-order chi connectivity index (χ1) is 11.6. The van der Waals surface area contributed by atoms with Gasteiger partial charge in [-0.05, 0) is 50.7 Å². The Bertz CT molecular complexity index is 801. The lowest BCUT2D eigenvalue weighted by atomic mass is 10.1. The van der Waals surface area contributed by atoms with Crippen LogP contribution in [0.1, 0.15) is 29.7 Å². The lowest BCUT2D eigenvalue weighted by molar-refractivity contribution is 0.224. The smallest absolute Gasteiger partial charge is 0.211 e. The molecule has 2 aromatic heterocycles. The Balaban J connectivity index is 1.93. The summed E-state index contributed by atoms with van der Waals surface area (Å²) < 4.78 is 30.0. The van der Waals surface area contributed by atoms with Crippen molar-refractivity contribution in [2.75, 3.05) is 20.4 Å². The van der Waals surface area contributed by atoms with E-state index in [2.05, 4.69) is 29.8 Å². The van der Waals surface area contributed by atoms with Crippen molar-refractivity contribution in [1.82, 2.24) is 14.2 Å². The Kier molecular flexibility index (Phi) is 6.37. The summed E-state index contributed by atoms with van der Waals surface area (Å²) in [5.41, 5.74) is 2.29. The molecule has 0 bridgehead atoms. The Morgan fingerprint density at radius 3 is 2.40 bits per heavy atom. The highest BCUT2D eigenvalue weighted by molar-refractivity contribution is 7.88. The van der Waals surface area contributed by atoms with Gasteiger partial charge in [-0.1, -0.05) is 0 Å². The molecule has 0 aliphatic rings. The van der Waals surface area contributed by atoms with Crippen molar-refractivity contribution in [3.05, 3.63) is 53.2 Å². The van der Waals surface area contributed by atoms with Crippen LogP contribution in [0.3, 0.4) is 0 Å². The van der Waals surface area contributed by atoms with E-state index in [0.717, 1.165) is 17.9 Å². The predicted octanol–water partition coefficient (Wildman–Crippen LogP) is 2.44. The summed E-state index contributed by atoms with van der Waals surface area (Å²) in [7, 11) is 0.379. The maximum absolute atomic E-state index is 11.5. The average molecular weight is 365 g/mol. The topological polar surface area (TPSA) is 66.7 Å². The van der Waals surface area contributed by atoms with Crippen LogP contribution in [0, 0.1) is 6.92 Å². The van der Waals surface area contributed by atoms with E-state index in [-0.39, 0.29) is 6.54 Å². The second kappa shape index (κ2) is 8.12. The second-order valence-electron chi connectivity index (χ2n) is 6.68. The Labute approximate surface area is 150 Å². The van der Waals surface area contributed by atoms with Crippen LogP contribution in [0.5, 0.6) is 0 Å². The molecular weight excluding hydrogens is 338 g/mol. The number of hydrogen-bond donors (Lipinski definition) is 0. The standard InChI is InChI=1S/C18H27N3O3S/c1-14-8-9-19-16(10-14)11-15(2)20(3)12-17-6-7-18(24-17)13-21(4)25(5,22)23/h6-10,15H,11-13H2,1-5H3. The minimum absolute atomic E-state index is 0.241. The van der Waals surface area contributed by atoms with Crippen molar-refractivity contribution < 1.29 is 12.8 Å². The van der Waals surface area contributed by atoms with Gasteiger partial charge in [0, 0.05) is 31.4 Å². The van der Waals surface area contributed by atoms with Crippen LogP contribution in [0.15, 0.2) is 34.9 Å². The van der Waals surface area contributed by atoms with Gasteiger partial charge < -0.3 is 4.42 Å². The van der Waals surface area contributed by atoms with Gasteiger partial charge in [0.15, 0.2) is 0 Å². The molecule has 0 aliphatic heterocycles. The zero-order chi connectivity index (χ0) is 18.6. The van der Waals surface area contributed by atoms with Crippen molar-refractivity contribution in [3.8, 4) is 0 Å². The van der Waals surface area contributed by atoms with Gasteiger partial charge in [-0.2, -0.15) is 4.31 Å². The fourth-order valence-corrected chi connectivity index (χ4v) is 2.86. The van der Waals surface area contributed by atoms with Gasteiger partial charge >= 0.3 is 0 Å². The number of aromatic nitrogens is 1. The molecule has 0 fully saturated rings. The normalized spacial score (nSPS) is 13.6. The lowest BCUT2D eigenvalue weighted by Gasteiger charge is -2.23. The van der Waals surface area contributed by atoms with Crippen LogP contribution in [0.4, 0.5) is 0 Å². The molecular formula is C18H27N3O3S. The minimum atomic E-state index is -3.21. The summed E-state index contributed by atoms with van der Waals surface area (Å²) in [5.74, 6) is 1.47. The monoisotopic (exact) mass is 365 g/mol. The van der Waals surface area contributed by atoms with Gasteiger partial charge in [0.2, 0.25) is 10.0 Å². The molecule has 2 heterocycles. The molecule has 138 valence electrons. The molecule has 0 aromatic carbocycles. The first-order valence-electron chi connectivity index (χ1n) is 8.26. The maximum atomic E-state index is 11.5. The molecule has 7 heteroatoms. The van der Waals surface area contributed by atoms with Gasteiger partial charge in [-0.25, -0.2) is 8.42 Å². The largest absolute Gasteiger partial charge is 0.463 e. The Hall–Kier alpha value is -1.70. The second-order valence-corrected chi connectivity index (χ2v) is 8.77. The first kappa shape index (κ1) is 19.6. The molecule has 0 radical (unpaired) electrons. The first-order valence-corrected chi connectivity index (χ1v) is 10.1. The Morgan fingerprint density at radius 2 is 1.80 bits per heavy atom. The fraction of sp³-hybridized carbons (Fsp3) is 0.500. The molecule has 0 saturated heterocycles. The molecule has 2 rings (SSSR count). The number of furan rings is 1. The van der Waals surface area contributed by atoms with E-state index in [1.807, 2.05) is 31.4 Å². The molecule has 25 heavy (non-hydrogen) atoms. The Morgan fingerprint density at radius 1 is 1.16 bits per heavy atom. The van der Waals surface area contributed by atoms with Gasteiger partial charge in [-0.15, -0.1) is 0 Å². The molecule has 1 atom stereocenters. The van der Waals surface area contributed by atoms with Crippen LogP contribution >= 0.6 is 0 Å². The predicted molar refractivity (Wildman–Crippen MR) is 98.6 cm³/mol. The quantitative estimate of drug-likeness (QED) is 0.719. The molecule has 0 spiro atoms. The fourth-order valence-electron chi connectivity index (χ4n) is 2.50. The number of nitrogens with zero attached hydrogens (tertiary/aromatic N) is 3. The summed E-state index contributed by atoms with van der Waals surface area (Å²) in [5, 5.41) is 0. The summed E-state index contributed by atoms with van der Waals surface area (Å²) >= 11 is 0. The molecule has 0 N–H and O–H groups in total. The van der Waals surface area contributed by atoms with E-state index in [1.165, 1.54) is 16.1 Å². The highest BCUT2D eigenvalue weighted by Crippen LogP contribution is 2.15. The number of sulfonamides is 1. The zero-order valence-electron chi connectivity index (χ0n) is 15.6. The van der Waals surface area contributed by atoms with Crippen molar-refractivity contribution in [2.24, 2.45) is 0 Å². The van der Waals surface area contributed by atoms with Gasteiger partial charge in [-0.3, -0.25) is 9.88 Å². The highest BCUT2D eigenvalue weighted by Gasteiger charge is 2.16. The van der Waals surface area contributed by atoms with Crippen molar-refractivity contribution in [1.29, 1.82) is 0 Å².